The highest BCUT2D eigenvalue weighted by Crippen LogP contribution is 2.45. The Bertz CT molecular complexity index is 1020. The quantitative estimate of drug-likeness (QED) is 0.295. The van der Waals surface area contributed by atoms with Crippen molar-refractivity contribution in [2.75, 3.05) is 13.2 Å². The van der Waals surface area contributed by atoms with Crippen molar-refractivity contribution in [1.29, 1.82) is 0 Å². The molecule has 8 heteroatoms. The Kier molecular flexibility index (Phi) is 5.33. The zero-order chi connectivity index (χ0) is 20.4. The van der Waals surface area contributed by atoms with Gasteiger partial charge in [-0.1, -0.05) is 6.08 Å². The van der Waals surface area contributed by atoms with E-state index in [-0.39, 0.29) is 6.04 Å². The molecule has 29 heavy (non-hydrogen) atoms. The maximum absolute atomic E-state index is 11.4. The molecular formula is C21H25N5O3. The second-order valence-electron chi connectivity index (χ2n) is 7.17. The Morgan fingerprint density at radius 2 is 2.28 bits per heavy atom. The first-order chi connectivity index (χ1) is 14.2. The molecule has 8 nitrogen and oxygen atoms in total. The number of fused-ring (bicyclic) bond motifs is 1. The molecule has 3 heterocycles. The summed E-state index contributed by atoms with van der Waals surface area (Å²) in [5.74, 6) is 1.98. The molecule has 0 radical (unpaired) electrons. The van der Waals surface area contributed by atoms with Crippen molar-refractivity contribution in [3.63, 3.8) is 0 Å². The zero-order valence-corrected chi connectivity index (χ0v) is 16.7. The second-order valence-corrected chi connectivity index (χ2v) is 7.17. The van der Waals surface area contributed by atoms with Crippen LogP contribution < -0.4 is 4.74 Å². The van der Waals surface area contributed by atoms with Crippen molar-refractivity contribution in [2.24, 2.45) is 0 Å². The molecule has 1 aliphatic rings. The van der Waals surface area contributed by atoms with E-state index in [0.29, 0.717) is 54.4 Å². The van der Waals surface area contributed by atoms with E-state index >= 15 is 0 Å². The van der Waals surface area contributed by atoms with Gasteiger partial charge in [-0.2, -0.15) is 0 Å². The summed E-state index contributed by atoms with van der Waals surface area (Å²) in [6.07, 6.45) is 10.9. The Balaban J connectivity index is 1.76. The van der Waals surface area contributed by atoms with E-state index in [9.17, 15) is 4.79 Å². The highest BCUT2D eigenvalue weighted by atomic mass is 16.5. The molecule has 0 N–H and O–H groups in total. The third-order valence-corrected chi connectivity index (χ3v) is 5.13. The fourth-order valence-corrected chi connectivity index (χ4v) is 3.27. The highest BCUT2D eigenvalue weighted by Gasteiger charge is 2.34. The first-order valence-electron chi connectivity index (χ1n) is 9.95. The van der Waals surface area contributed by atoms with Crippen molar-refractivity contribution in [1.82, 2.24) is 24.3 Å². The van der Waals surface area contributed by atoms with Gasteiger partial charge in [0.1, 0.15) is 11.7 Å². The normalized spacial score (nSPS) is 14.7. The van der Waals surface area contributed by atoms with Crippen molar-refractivity contribution in [3.05, 3.63) is 42.8 Å². The predicted octanol–water partition coefficient (Wildman–Crippen LogP) is 3.76. The molecule has 3 aromatic heterocycles. The summed E-state index contributed by atoms with van der Waals surface area (Å²) in [6, 6.07) is -0.246. The van der Waals surface area contributed by atoms with Crippen LogP contribution in [0.4, 0.5) is 0 Å². The van der Waals surface area contributed by atoms with Crippen LogP contribution in [-0.2, 0) is 4.79 Å². The maximum Gasteiger partial charge on any atom is 0.259 e. The molecule has 3 aromatic rings. The minimum atomic E-state index is -0.246. The van der Waals surface area contributed by atoms with Gasteiger partial charge in [0.25, 0.3) is 5.88 Å². The lowest BCUT2D eigenvalue weighted by molar-refractivity contribution is -0.120. The van der Waals surface area contributed by atoms with Gasteiger partial charge in [0.2, 0.25) is 17.9 Å². The van der Waals surface area contributed by atoms with Gasteiger partial charge in [-0.15, -0.1) is 6.58 Å². The summed E-state index contributed by atoms with van der Waals surface area (Å²) in [6.45, 7) is 8.63. The van der Waals surface area contributed by atoms with Gasteiger partial charge in [0, 0.05) is 31.1 Å². The summed E-state index contributed by atoms with van der Waals surface area (Å²) in [4.78, 5) is 26.8. The monoisotopic (exact) mass is 395 g/mol. The zero-order valence-electron chi connectivity index (χ0n) is 16.7. The van der Waals surface area contributed by atoms with Gasteiger partial charge in [-0.25, -0.2) is 15.0 Å². The maximum atomic E-state index is 11.4. The van der Waals surface area contributed by atoms with E-state index < -0.39 is 0 Å². The van der Waals surface area contributed by atoms with Gasteiger partial charge in [0.15, 0.2) is 5.76 Å². The van der Waals surface area contributed by atoms with Crippen LogP contribution in [0, 0.1) is 0 Å². The topological polar surface area (TPSA) is 85.8 Å². The fourth-order valence-electron chi connectivity index (χ4n) is 3.27. The number of carbonyl (C=O) groups excluding carboxylic acids is 1. The molecule has 4 rings (SSSR count). The number of hydrogen-bond donors (Lipinski definition) is 0. The SMILES string of the molecule is C=CCCOc1nc(-c2oc(C(C)N(C=O)CC)nc2C2CC2)cn2ccnc12. The third kappa shape index (κ3) is 3.74. The van der Waals surface area contributed by atoms with Crippen molar-refractivity contribution in [3.8, 4) is 17.3 Å². The molecule has 1 fully saturated rings. The lowest BCUT2D eigenvalue weighted by Crippen LogP contribution is -2.25. The van der Waals surface area contributed by atoms with E-state index in [4.69, 9.17) is 14.1 Å². The number of ether oxygens (including phenoxy) is 1. The van der Waals surface area contributed by atoms with Gasteiger partial charge in [-0.3, -0.25) is 4.79 Å². The largest absolute Gasteiger partial charge is 0.475 e. The lowest BCUT2D eigenvalue weighted by atomic mass is 10.2. The Labute approximate surface area is 169 Å². The summed E-state index contributed by atoms with van der Waals surface area (Å²) in [5, 5.41) is 0. The standard InChI is InChI=1S/C21H25N5O3/c1-4-6-11-28-21-19-22-9-10-26(19)12-16(23-21)18-17(15-7-8-15)24-20(29-18)14(3)25(5-2)13-27/h4,9-10,12-15H,1,5-8,11H2,2-3H3. The molecule has 1 amide bonds. The van der Waals surface area contributed by atoms with Crippen LogP contribution in [0.1, 0.15) is 56.7 Å². The van der Waals surface area contributed by atoms with Gasteiger partial charge >= 0.3 is 0 Å². The Hall–Kier alpha value is -3.16. The summed E-state index contributed by atoms with van der Waals surface area (Å²) < 4.78 is 13.9. The van der Waals surface area contributed by atoms with Gasteiger partial charge < -0.3 is 18.5 Å². The van der Waals surface area contributed by atoms with Crippen LogP contribution in [0.15, 0.2) is 35.7 Å². The Morgan fingerprint density at radius 1 is 1.45 bits per heavy atom. The smallest absolute Gasteiger partial charge is 0.259 e. The number of oxazole rings is 1. The minimum Gasteiger partial charge on any atom is -0.475 e. The highest BCUT2D eigenvalue weighted by molar-refractivity contribution is 5.61. The van der Waals surface area contributed by atoms with Crippen molar-refractivity contribution >= 4 is 12.1 Å². The average Bonchev–Trinajstić information content (AvgIpc) is 3.29. The third-order valence-electron chi connectivity index (χ3n) is 5.13. The van der Waals surface area contributed by atoms with E-state index in [1.165, 1.54) is 0 Å². The van der Waals surface area contributed by atoms with Crippen LogP contribution in [0.5, 0.6) is 5.88 Å². The average molecular weight is 395 g/mol. The fraction of sp³-hybridized carbons (Fsp3) is 0.429. The van der Waals surface area contributed by atoms with Crippen molar-refractivity contribution in [2.45, 2.75) is 45.1 Å². The van der Waals surface area contributed by atoms with Crippen molar-refractivity contribution < 1.29 is 13.9 Å². The molecule has 0 bridgehead atoms. The lowest BCUT2D eigenvalue weighted by Gasteiger charge is -2.20. The number of carbonyl (C=O) groups is 1. The summed E-state index contributed by atoms with van der Waals surface area (Å²) in [7, 11) is 0. The number of rotatable bonds is 10. The number of aromatic nitrogens is 4. The molecule has 0 aromatic carbocycles. The van der Waals surface area contributed by atoms with E-state index in [1.807, 2.05) is 30.6 Å². The van der Waals surface area contributed by atoms with Gasteiger partial charge in [0.05, 0.1) is 12.3 Å². The van der Waals surface area contributed by atoms with Crippen LogP contribution in [0.3, 0.4) is 0 Å². The number of hydrogen-bond acceptors (Lipinski definition) is 6. The molecule has 1 unspecified atom stereocenters. The minimum absolute atomic E-state index is 0.246. The molecule has 0 aliphatic heterocycles. The van der Waals surface area contributed by atoms with E-state index in [2.05, 4.69) is 16.5 Å². The predicted molar refractivity (Wildman–Crippen MR) is 108 cm³/mol. The first-order valence-corrected chi connectivity index (χ1v) is 9.95. The summed E-state index contributed by atoms with van der Waals surface area (Å²) >= 11 is 0. The molecular weight excluding hydrogens is 370 g/mol. The molecule has 0 saturated heterocycles. The molecule has 0 spiro atoms. The molecule has 1 atom stereocenters. The first kappa shape index (κ1) is 19.2. The summed E-state index contributed by atoms with van der Waals surface area (Å²) in [5.41, 5.74) is 2.20. The van der Waals surface area contributed by atoms with Crippen LogP contribution in [0.25, 0.3) is 17.1 Å². The van der Waals surface area contributed by atoms with Crippen LogP contribution in [-0.4, -0.2) is 43.8 Å². The van der Waals surface area contributed by atoms with Crippen LogP contribution in [0.2, 0.25) is 0 Å². The van der Waals surface area contributed by atoms with E-state index in [1.54, 1.807) is 17.2 Å². The number of nitrogens with zero attached hydrogens (tertiary/aromatic N) is 5. The number of amides is 1. The van der Waals surface area contributed by atoms with Gasteiger partial charge in [-0.05, 0) is 33.1 Å². The van der Waals surface area contributed by atoms with E-state index in [0.717, 1.165) is 24.9 Å². The van der Waals surface area contributed by atoms with Crippen LogP contribution >= 0.6 is 0 Å². The molecule has 1 aliphatic carbocycles. The molecule has 152 valence electrons. The second kappa shape index (κ2) is 8.06. The molecule has 1 saturated carbocycles. The number of imidazole rings is 1. The Morgan fingerprint density at radius 3 is 2.97 bits per heavy atom.